The number of hydrogen-bond donors (Lipinski definition) is 2. The van der Waals surface area contributed by atoms with E-state index in [0.29, 0.717) is 16.4 Å². The lowest BCUT2D eigenvalue weighted by molar-refractivity contribution is -0.118. The number of rotatable bonds is 5. The summed E-state index contributed by atoms with van der Waals surface area (Å²) >= 11 is 1.27. The molecule has 0 aliphatic carbocycles. The molecule has 0 bridgehead atoms. The molecule has 0 saturated carbocycles. The zero-order valence-corrected chi connectivity index (χ0v) is 13.4. The first-order valence-electron chi connectivity index (χ1n) is 6.78. The Kier molecular flexibility index (Phi) is 5.10. The Balaban J connectivity index is 2.15. The molecule has 7 heteroatoms. The van der Waals surface area contributed by atoms with Gasteiger partial charge in [0.1, 0.15) is 0 Å². The van der Waals surface area contributed by atoms with Crippen LogP contribution >= 0.6 is 11.3 Å². The number of amides is 1. The molecule has 0 aliphatic rings. The highest BCUT2D eigenvalue weighted by atomic mass is 32.1. The van der Waals surface area contributed by atoms with Crippen LogP contribution in [-0.2, 0) is 4.79 Å². The molecule has 2 aromatic rings. The number of thiazole rings is 1. The molecule has 3 N–H and O–H groups in total. The van der Waals surface area contributed by atoms with Crippen LogP contribution in [0.25, 0.3) is 11.3 Å². The van der Waals surface area contributed by atoms with Crippen LogP contribution in [0.15, 0.2) is 23.6 Å². The third-order valence-corrected chi connectivity index (χ3v) is 3.96. The van der Waals surface area contributed by atoms with Gasteiger partial charge in [-0.2, -0.15) is 0 Å². The molecular formula is C15H18FN3O2S. The van der Waals surface area contributed by atoms with Gasteiger partial charge in [0.2, 0.25) is 5.91 Å². The van der Waals surface area contributed by atoms with Crippen molar-refractivity contribution >= 4 is 22.4 Å². The molecule has 5 nitrogen and oxygen atoms in total. The Morgan fingerprint density at radius 1 is 1.45 bits per heavy atom. The summed E-state index contributed by atoms with van der Waals surface area (Å²) in [6, 6.07) is 4.00. The highest BCUT2D eigenvalue weighted by Gasteiger charge is 2.18. The lowest BCUT2D eigenvalue weighted by Gasteiger charge is -2.13. The molecule has 2 rings (SSSR count). The van der Waals surface area contributed by atoms with Gasteiger partial charge in [-0.1, -0.05) is 13.8 Å². The summed E-state index contributed by atoms with van der Waals surface area (Å²) < 4.78 is 18.6. The summed E-state index contributed by atoms with van der Waals surface area (Å²) in [7, 11) is 1.41. The molecule has 0 unspecified atom stereocenters. The van der Waals surface area contributed by atoms with Crippen LogP contribution in [0.5, 0.6) is 5.75 Å². The highest BCUT2D eigenvalue weighted by molar-refractivity contribution is 7.14. The average Bonchev–Trinajstić information content (AvgIpc) is 2.94. The minimum absolute atomic E-state index is 0.0371. The molecular weight excluding hydrogens is 305 g/mol. The average molecular weight is 323 g/mol. The fourth-order valence-corrected chi connectivity index (χ4v) is 2.50. The van der Waals surface area contributed by atoms with Crippen molar-refractivity contribution < 1.29 is 13.9 Å². The Morgan fingerprint density at radius 3 is 2.77 bits per heavy atom. The second kappa shape index (κ2) is 6.85. The maximum atomic E-state index is 13.7. The first-order chi connectivity index (χ1) is 10.4. The van der Waals surface area contributed by atoms with E-state index in [9.17, 15) is 9.18 Å². The number of aromatic nitrogens is 1. The maximum Gasteiger partial charge on any atom is 0.243 e. The van der Waals surface area contributed by atoms with Crippen molar-refractivity contribution in [1.82, 2.24) is 4.98 Å². The summed E-state index contributed by atoms with van der Waals surface area (Å²) in [4.78, 5) is 16.2. The molecule has 1 aromatic carbocycles. The van der Waals surface area contributed by atoms with Crippen LogP contribution < -0.4 is 15.8 Å². The van der Waals surface area contributed by atoms with Crippen LogP contribution in [0.3, 0.4) is 0 Å². The number of carbonyl (C=O) groups is 1. The Hall–Kier alpha value is -1.99. The monoisotopic (exact) mass is 323 g/mol. The normalized spacial score (nSPS) is 12.3. The van der Waals surface area contributed by atoms with Crippen LogP contribution in [0.2, 0.25) is 0 Å². The van der Waals surface area contributed by atoms with Gasteiger partial charge in [-0.25, -0.2) is 9.37 Å². The Labute approximate surface area is 132 Å². The number of benzene rings is 1. The number of halogens is 1. The topological polar surface area (TPSA) is 77.2 Å². The summed E-state index contributed by atoms with van der Waals surface area (Å²) in [5, 5.41) is 4.86. The fourth-order valence-electron chi connectivity index (χ4n) is 1.78. The molecule has 1 amide bonds. The first-order valence-corrected chi connectivity index (χ1v) is 7.66. The predicted octanol–water partition coefficient (Wildman–Crippen LogP) is 2.88. The SMILES string of the molecule is COc1ccc(-c2csc(NC(=O)[C@@H](N)C(C)C)n2)cc1F. The zero-order chi connectivity index (χ0) is 16.3. The van der Waals surface area contributed by atoms with Crippen molar-refractivity contribution in [2.24, 2.45) is 11.7 Å². The number of nitrogens with two attached hydrogens (primary N) is 1. The highest BCUT2D eigenvalue weighted by Crippen LogP contribution is 2.28. The molecule has 0 aliphatic heterocycles. The third-order valence-electron chi connectivity index (χ3n) is 3.20. The van der Waals surface area contributed by atoms with E-state index in [1.165, 1.54) is 30.6 Å². The largest absolute Gasteiger partial charge is 0.494 e. The smallest absolute Gasteiger partial charge is 0.243 e. The number of anilines is 1. The van der Waals surface area contributed by atoms with Crippen molar-refractivity contribution in [3.05, 3.63) is 29.4 Å². The van der Waals surface area contributed by atoms with Crippen LogP contribution in [0.4, 0.5) is 9.52 Å². The quantitative estimate of drug-likeness (QED) is 0.887. The lowest BCUT2D eigenvalue weighted by Crippen LogP contribution is -2.39. The molecule has 0 spiro atoms. The number of carbonyl (C=O) groups excluding carboxylic acids is 1. The summed E-state index contributed by atoms with van der Waals surface area (Å²) in [5.41, 5.74) is 6.98. The molecule has 1 heterocycles. The standard InChI is InChI=1S/C15H18FN3O2S/c1-8(2)13(17)14(20)19-15-18-11(7-22-15)9-4-5-12(21-3)10(16)6-9/h4-8,13H,17H2,1-3H3,(H,18,19,20)/t13-/m0/s1. The van der Waals surface area contributed by atoms with E-state index < -0.39 is 11.9 Å². The van der Waals surface area contributed by atoms with E-state index in [1.54, 1.807) is 11.4 Å². The summed E-state index contributed by atoms with van der Waals surface area (Å²) in [6.45, 7) is 3.75. The van der Waals surface area contributed by atoms with Crippen molar-refractivity contribution in [3.63, 3.8) is 0 Å². The minimum atomic E-state index is -0.592. The van der Waals surface area contributed by atoms with Crippen LogP contribution in [-0.4, -0.2) is 24.0 Å². The van der Waals surface area contributed by atoms with E-state index in [0.717, 1.165) is 0 Å². The van der Waals surface area contributed by atoms with Gasteiger partial charge < -0.3 is 15.8 Å². The second-order valence-electron chi connectivity index (χ2n) is 5.15. The minimum Gasteiger partial charge on any atom is -0.494 e. The fraction of sp³-hybridized carbons (Fsp3) is 0.333. The predicted molar refractivity (Wildman–Crippen MR) is 85.5 cm³/mol. The van der Waals surface area contributed by atoms with Crippen LogP contribution in [0.1, 0.15) is 13.8 Å². The molecule has 118 valence electrons. The van der Waals surface area contributed by atoms with Crippen molar-refractivity contribution in [3.8, 4) is 17.0 Å². The number of ether oxygens (including phenoxy) is 1. The van der Waals surface area contributed by atoms with E-state index in [4.69, 9.17) is 10.5 Å². The number of methoxy groups -OCH3 is 1. The van der Waals surface area contributed by atoms with Crippen molar-refractivity contribution in [2.45, 2.75) is 19.9 Å². The van der Waals surface area contributed by atoms with E-state index in [1.807, 2.05) is 13.8 Å². The second-order valence-corrected chi connectivity index (χ2v) is 6.00. The van der Waals surface area contributed by atoms with E-state index in [-0.39, 0.29) is 17.6 Å². The van der Waals surface area contributed by atoms with Crippen LogP contribution in [0, 0.1) is 11.7 Å². The van der Waals surface area contributed by atoms with Gasteiger partial charge in [-0.05, 0) is 24.1 Å². The van der Waals surface area contributed by atoms with Gasteiger partial charge in [0, 0.05) is 10.9 Å². The molecule has 0 saturated heterocycles. The maximum absolute atomic E-state index is 13.7. The molecule has 22 heavy (non-hydrogen) atoms. The number of hydrogen-bond acceptors (Lipinski definition) is 5. The lowest BCUT2D eigenvalue weighted by atomic mass is 10.1. The molecule has 0 fully saturated rings. The van der Waals surface area contributed by atoms with Gasteiger partial charge in [-0.15, -0.1) is 11.3 Å². The van der Waals surface area contributed by atoms with Gasteiger partial charge in [0.15, 0.2) is 16.7 Å². The van der Waals surface area contributed by atoms with E-state index in [2.05, 4.69) is 10.3 Å². The summed E-state index contributed by atoms with van der Waals surface area (Å²) in [6.07, 6.45) is 0. The first kappa shape index (κ1) is 16.4. The molecule has 1 atom stereocenters. The number of nitrogens with one attached hydrogen (secondary N) is 1. The van der Waals surface area contributed by atoms with Gasteiger partial charge in [0.25, 0.3) is 0 Å². The van der Waals surface area contributed by atoms with E-state index >= 15 is 0 Å². The molecule has 0 radical (unpaired) electrons. The van der Waals surface area contributed by atoms with Crippen molar-refractivity contribution in [2.75, 3.05) is 12.4 Å². The zero-order valence-electron chi connectivity index (χ0n) is 12.6. The van der Waals surface area contributed by atoms with Crippen molar-refractivity contribution in [1.29, 1.82) is 0 Å². The van der Waals surface area contributed by atoms with Gasteiger partial charge in [-0.3, -0.25) is 4.79 Å². The summed E-state index contributed by atoms with van der Waals surface area (Å²) in [5.74, 6) is -0.525. The Bertz CT molecular complexity index is 673. The Morgan fingerprint density at radius 2 is 2.18 bits per heavy atom. The van der Waals surface area contributed by atoms with Gasteiger partial charge >= 0.3 is 0 Å². The van der Waals surface area contributed by atoms with Gasteiger partial charge in [0.05, 0.1) is 18.8 Å². The number of nitrogens with zero attached hydrogens (tertiary/aromatic N) is 1. The third kappa shape index (κ3) is 3.61. The molecule has 1 aromatic heterocycles.